The van der Waals surface area contributed by atoms with Gasteiger partial charge in [0.05, 0.1) is 0 Å². The molecular weight excluding hydrogens is 264 g/mol. The van der Waals surface area contributed by atoms with Crippen molar-refractivity contribution in [3.8, 4) is 5.75 Å². The predicted octanol–water partition coefficient (Wildman–Crippen LogP) is 1.88. The van der Waals surface area contributed by atoms with E-state index in [0.717, 1.165) is 18.4 Å². The summed E-state index contributed by atoms with van der Waals surface area (Å²) in [4.78, 5) is 11.8. The lowest BCUT2D eigenvalue weighted by molar-refractivity contribution is -0.123. The minimum absolute atomic E-state index is 0.00565. The first-order valence-corrected chi connectivity index (χ1v) is 6.86. The number of carbonyl (C=O) groups is 1. The molecular formula is C14H19ClN2O2. The summed E-state index contributed by atoms with van der Waals surface area (Å²) in [5, 5.41) is 3.57. The number of rotatable bonds is 6. The maximum absolute atomic E-state index is 11.8. The van der Waals surface area contributed by atoms with Gasteiger partial charge in [0.2, 0.25) is 0 Å². The molecule has 0 spiro atoms. The Hall–Kier alpha value is -1.26. The maximum Gasteiger partial charge on any atom is 0.258 e. The summed E-state index contributed by atoms with van der Waals surface area (Å²) in [5.74, 6) is 1.10. The van der Waals surface area contributed by atoms with Crippen molar-refractivity contribution in [3.63, 3.8) is 0 Å². The van der Waals surface area contributed by atoms with Gasteiger partial charge in [-0.1, -0.05) is 11.6 Å². The Labute approximate surface area is 118 Å². The Morgan fingerprint density at radius 3 is 2.89 bits per heavy atom. The minimum atomic E-state index is -0.128. The lowest BCUT2D eigenvalue weighted by Gasteiger charge is -2.16. The molecule has 0 saturated heterocycles. The molecule has 1 aromatic carbocycles. The highest BCUT2D eigenvalue weighted by molar-refractivity contribution is 6.30. The standard InChI is InChI=1S/C14H19ClN2O2/c1-9-6-11(15)4-5-13(9)19-8-14(18)17-12(7-16)10-2-3-10/h4-6,10,12H,2-3,7-8,16H2,1H3,(H,17,18). The third kappa shape index (κ3) is 4.11. The average molecular weight is 283 g/mol. The smallest absolute Gasteiger partial charge is 0.258 e. The molecule has 1 amide bonds. The highest BCUT2D eigenvalue weighted by atomic mass is 35.5. The molecule has 104 valence electrons. The first kappa shape index (κ1) is 14.2. The quantitative estimate of drug-likeness (QED) is 0.837. The molecule has 0 aliphatic heterocycles. The predicted molar refractivity (Wildman–Crippen MR) is 75.4 cm³/mol. The SMILES string of the molecule is Cc1cc(Cl)ccc1OCC(=O)NC(CN)C1CC1. The van der Waals surface area contributed by atoms with Gasteiger partial charge in [-0.25, -0.2) is 0 Å². The first-order chi connectivity index (χ1) is 9.10. The molecule has 19 heavy (non-hydrogen) atoms. The molecule has 1 aliphatic carbocycles. The van der Waals surface area contributed by atoms with E-state index in [-0.39, 0.29) is 18.6 Å². The molecule has 1 unspecified atom stereocenters. The number of hydrogen-bond acceptors (Lipinski definition) is 3. The Morgan fingerprint density at radius 2 is 2.32 bits per heavy atom. The van der Waals surface area contributed by atoms with Gasteiger partial charge >= 0.3 is 0 Å². The lowest BCUT2D eigenvalue weighted by atomic mass is 10.2. The van der Waals surface area contributed by atoms with E-state index in [1.54, 1.807) is 12.1 Å². The van der Waals surface area contributed by atoms with Crippen molar-refractivity contribution in [2.24, 2.45) is 11.7 Å². The second-order valence-corrected chi connectivity index (χ2v) is 5.38. The molecule has 0 heterocycles. The van der Waals surface area contributed by atoms with Crippen LogP contribution >= 0.6 is 11.6 Å². The summed E-state index contributed by atoms with van der Waals surface area (Å²) in [6.45, 7) is 2.38. The number of aryl methyl sites for hydroxylation is 1. The second-order valence-electron chi connectivity index (χ2n) is 4.95. The van der Waals surface area contributed by atoms with Crippen LogP contribution in [0.1, 0.15) is 18.4 Å². The zero-order valence-electron chi connectivity index (χ0n) is 11.0. The van der Waals surface area contributed by atoms with Crippen molar-refractivity contribution in [2.45, 2.75) is 25.8 Å². The van der Waals surface area contributed by atoms with Crippen molar-refractivity contribution in [3.05, 3.63) is 28.8 Å². The molecule has 1 atom stereocenters. The van der Waals surface area contributed by atoms with Gasteiger partial charge < -0.3 is 15.8 Å². The molecule has 0 aromatic heterocycles. The molecule has 1 saturated carbocycles. The molecule has 1 aromatic rings. The van der Waals surface area contributed by atoms with Gasteiger partial charge in [0.15, 0.2) is 6.61 Å². The van der Waals surface area contributed by atoms with E-state index < -0.39 is 0 Å². The van der Waals surface area contributed by atoms with E-state index in [0.29, 0.717) is 23.2 Å². The summed E-state index contributed by atoms with van der Waals surface area (Å²) in [6, 6.07) is 5.41. The Kier molecular flexibility index (Phi) is 4.66. The second kappa shape index (κ2) is 6.26. The van der Waals surface area contributed by atoms with Gasteiger partial charge in [0.1, 0.15) is 5.75 Å². The molecule has 2 rings (SSSR count). The van der Waals surface area contributed by atoms with Crippen LogP contribution in [-0.4, -0.2) is 25.1 Å². The molecule has 1 aliphatic rings. The Bertz CT molecular complexity index is 461. The van der Waals surface area contributed by atoms with Gasteiger partial charge in [-0.3, -0.25) is 4.79 Å². The highest BCUT2D eigenvalue weighted by Crippen LogP contribution is 2.32. The normalized spacial score (nSPS) is 15.9. The topological polar surface area (TPSA) is 64.3 Å². The van der Waals surface area contributed by atoms with Crippen LogP contribution < -0.4 is 15.8 Å². The first-order valence-electron chi connectivity index (χ1n) is 6.48. The molecule has 4 nitrogen and oxygen atoms in total. The minimum Gasteiger partial charge on any atom is -0.484 e. The fourth-order valence-electron chi connectivity index (χ4n) is 2.03. The summed E-state index contributed by atoms with van der Waals surface area (Å²) in [7, 11) is 0. The zero-order valence-corrected chi connectivity index (χ0v) is 11.7. The van der Waals surface area contributed by atoms with Crippen molar-refractivity contribution >= 4 is 17.5 Å². The van der Waals surface area contributed by atoms with Crippen LogP contribution in [0.25, 0.3) is 0 Å². The van der Waals surface area contributed by atoms with E-state index in [1.807, 2.05) is 13.0 Å². The van der Waals surface area contributed by atoms with Crippen molar-refractivity contribution in [1.82, 2.24) is 5.32 Å². The van der Waals surface area contributed by atoms with E-state index >= 15 is 0 Å². The maximum atomic E-state index is 11.8. The van der Waals surface area contributed by atoms with Gasteiger partial charge in [0, 0.05) is 17.6 Å². The average Bonchev–Trinajstić information content (AvgIpc) is 3.19. The van der Waals surface area contributed by atoms with Crippen LogP contribution in [0.2, 0.25) is 5.02 Å². The van der Waals surface area contributed by atoms with Crippen molar-refractivity contribution in [1.29, 1.82) is 0 Å². The number of benzene rings is 1. The molecule has 0 radical (unpaired) electrons. The number of amides is 1. The molecule has 5 heteroatoms. The summed E-state index contributed by atoms with van der Waals surface area (Å²) in [5.41, 5.74) is 6.55. The fraction of sp³-hybridized carbons (Fsp3) is 0.500. The number of ether oxygens (including phenoxy) is 1. The molecule has 3 N–H and O–H groups in total. The summed E-state index contributed by atoms with van der Waals surface area (Å²) in [6.07, 6.45) is 2.30. The Morgan fingerprint density at radius 1 is 1.58 bits per heavy atom. The van der Waals surface area contributed by atoms with E-state index in [1.165, 1.54) is 0 Å². The van der Waals surface area contributed by atoms with E-state index in [4.69, 9.17) is 22.1 Å². The van der Waals surface area contributed by atoms with Gasteiger partial charge in [-0.05, 0) is 49.4 Å². The number of halogens is 1. The third-order valence-corrected chi connectivity index (χ3v) is 3.52. The third-order valence-electron chi connectivity index (χ3n) is 3.29. The van der Waals surface area contributed by atoms with Crippen LogP contribution in [-0.2, 0) is 4.79 Å². The van der Waals surface area contributed by atoms with Gasteiger partial charge in [-0.15, -0.1) is 0 Å². The van der Waals surface area contributed by atoms with Crippen LogP contribution in [0.3, 0.4) is 0 Å². The fourth-order valence-corrected chi connectivity index (χ4v) is 2.26. The van der Waals surface area contributed by atoms with Crippen LogP contribution in [0.15, 0.2) is 18.2 Å². The number of carbonyl (C=O) groups excluding carboxylic acids is 1. The van der Waals surface area contributed by atoms with Gasteiger partial charge in [0.25, 0.3) is 5.91 Å². The number of nitrogens with one attached hydrogen (secondary N) is 1. The number of nitrogens with two attached hydrogens (primary N) is 1. The van der Waals surface area contributed by atoms with Crippen molar-refractivity contribution in [2.75, 3.05) is 13.2 Å². The van der Waals surface area contributed by atoms with E-state index in [9.17, 15) is 4.79 Å². The Balaban J connectivity index is 1.82. The summed E-state index contributed by atoms with van der Waals surface area (Å²) < 4.78 is 5.49. The lowest BCUT2D eigenvalue weighted by Crippen LogP contribution is -2.43. The van der Waals surface area contributed by atoms with Crippen LogP contribution in [0, 0.1) is 12.8 Å². The van der Waals surface area contributed by atoms with Gasteiger partial charge in [-0.2, -0.15) is 0 Å². The summed E-state index contributed by atoms with van der Waals surface area (Å²) >= 11 is 5.86. The van der Waals surface area contributed by atoms with Crippen molar-refractivity contribution < 1.29 is 9.53 Å². The zero-order chi connectivity index (χ0) is 13.8. The largest absolute Gasteiger partial charge is 0.484 e. The highest BCUT2D eigenvalue weighted by Gasteiger charge is 2.31. The molecule has 1 fully saturated rings. The number of hydrogen-bond donors (Lipinski definition) is 2. The monoisotopic (exact) mass is 282 g/mol. The van der Waals surface area contributed by atoms with Crippen LogP contribution in [0.4, 0.5) is 0 Å². The molecule has 0 bridgehead atoms. The van der Waals surface area contributed by atoms with E-state index in [2.05, 4.69) is 5.32 Å². The van der Waals surface area contributed by atoms with Crippen LogP contribution in [0.5, 0.6) is 5.75 Å².